The predicted molar refractivity (Wildman–Crippen MR) is 143 cm³/mol. The number of carbonyl (C=O) groups excluding carboxylic acids is 2. The monoisotopic (exact) mass is 480 g/mol. The largest absolute Gasteiger partial charge is 0.464 e. The van der Waals surface area contributed by atoms with Crippen LogP contribution in [0.3, 0.4) is 0 Å². The Morgan fingerprint density at radius 1 is 0.824 bits per heavy atom. The van der Waals surface area contributed by atoms with E-state index in [0.717, 1.165) is 32.1 Å². The second-order valence-electron chi connectivity index (χ2n) is 9.07. The fourth-order valence-corrected chi connectivity index (χ4v) is 3.68. The van der Waals surface area contributed by atoms with E-state index in [1.165, 1.54) is 57.8 Å². The summed E-state index contributed by atoms with van der Waals surface area (Å²) in [5, 5.41) is 2.83. The molecule has 0 aromatic rings. The van der Waals surface area contributed by atoms with E-state index in [1.807, 2.05) is 6.92 Å². The molecule has 0 unspecified atom stereocenters. The Hall–Kier alpha value is -2.05. The lowest BCUT2D eigenvalue weighted by molar-refractivity contribution is -0.148. The number of hydrogen-bond donors (Lipinski definition) is 3. The normalized spacial score (nSPS) is 11.9. The lowest BCUT2D eigenvalue weighted by Crippen LogP contribution is -2.42. The molecule has 0 heterocycles. The van der Waals surface area contributed by atoms with Crippen molar-refractivity contribution in [1.82, 2.24) is 5.32 Å². The Labute approximate surface area is 208 Å². The van der Waals surface area contributed by atoms with Crippen LogP contribution in [0.2, 0.25) is 0 Å². The SMILES string of the molecule is CCCCCCCC/C=C\CCCCCCCC(=O)N[C@@H](CCCN=C(N)N)C(=O)OCCC. The highest BCUT2D eigenvalue weighted by atomic mass is 16.5. The van der Waals surface area contributed by atoms with E-state index in [-0.39, 0.29) is 17.8 Å². The zero-order valence-electron chi connectivity index (χ0n) is 22.0. The summed E-state index contributed by atoms with van der Waals surface area (Å²) in [7, 11) is 0. The molecule has 198 valence electrons. The highest BCUT2D eigenvalue weighted by molar-refractivity contribution is 5.84. The topological polar surface area (TPSA) is 120 Å². The zero-order chi connectivity index (χ0) is 25.3. The third kappa shape index (κ3) is 21.8. The average molecular weight is 481 g/mol. The summed E-state index contributed by atoms with van der Waals surface area (Å²) in [6.45, 7) is 4.97. The van der Waals surface area contributed by atoms with Crippen LogP contribution in [0, 0.1) is 0 Å². The number of nitrogens with two attached hydrogens (primary N) is 2. The van der Waals surface area contributed by atoms with Crippen LogP contribution in [0.25, 0.3) is 0 Å². The van der Waals surface area contributed by atoms with Crippen LogP contribution in [0.15, 0.2) is 17.1 Å². The first-order valence-corrected chi connectivity index (χ1v) is 13.7. The number of esters is 1. The van der Waals surface area contributed by atoms with Gasteiger partial charge in [0, 0.05) is 13.0 Å². The summed E-state index contributed by atoms with van der Waals surface area (Å²) in [5.74, 6) is -0.458. The van der Waals surface area contributed by atoms with Crippen molar-refractivity contribution >= 4 is 17.8 Å². The zero-order valence-corrected chi connectivity index (χ0v) is 22.0. The summed E-state index contributed by atoms with van der Waals surface area (Å²) in [6.07, 6.45) is 22.8. The minimum absolute atomic E-state index is 0.0262. The van der Waals surface area contributed by atoms with Gasteiger partial charge < -0.3 is 21.5 Å². The van der Waals surface area contributed by atoms with Crippen molar-refractivity contribution in [3.63, 3.8) is 0 Å². The second kappa shape index (κ2) is 24.1. The molecule has 0 spiro atoms. The quantitative estimate of drug-likeness (QED) is 0.0585. The van der Waals surface area contributed by atoms with Crippen molar-refractivity contribution in [3.8, 4) is 0 Å². The molecule has 7 nitrogen and oxygen atoms in total. The number of nitrogens with zero attached hydrogens (tertiary/aromatic N) is 1. The van der Waals surface area contributed by atoms with Gasteiger partial charge in [0.15, 0.2) is 5.96 Å². The molecule has 34 heavy (non-hydrogen) atoms. The molecule has 0 rings (SSSR count). The first-order chi connectivity index (χ1) is 16.5. The van der Waals surface area contributed by atoms with Gasteiger partial charge in [0.05, 0.1) is 6.61 Å². The molecule has 0 aromatic heterocycles. The molecule has 0 aliphatic carbocycles. The second-order valence-corrected chi connectivity index (χ2v) is 9.07. The van der Waals surface area contributed by atoms with Crippen LogP contribution in [0.5, 0.6) is 0 Å². The molecular formula is C27H52N4O3. The molecule has 0 aliphatic heterocycles. The molecule has 0 saturated carbocycles. The van der Waals surface area contributed by atoms with E-state index < -0.39 is 6.04 Å². The predicted octanol–water partition coefficient (Wildman–Crippen LogP) is 5.52. The molecule has 7 heteroatoms. The summed E-state index contributed by atoms with van der Waals surface area (Å²) in [5.41, 5.74) is 10.7. The lowest BCUT2D eigenvalue weighted by Gasteiger charge is -2.17. The van der Waals surface area contributed by atoms with Crippen molar-refractivity contribution in [2.75, 3.05) is 13.2 Å². The number of ether oxygens (including phenoxy) is 1. The van der Waals surface area contributed by atoms with Gasteiger partial charge in [-0.2, -0.15) is 0 Å². The van der Waals surface area contributed by atoms with E-state index in [2.05, 4.69) is 29.4 Å². The van der Waals surface area contributed by atoms with Crippen LogP contribution in [0.4, 0.5) is 0 Å². The fraction of sp³-hybridized carbons (Fsp3) is 0.815. The number of nitrogens with one attached hydrogen (secondary N) is 1. The van der Waals surface area contributed by atoms with Gasteiger partial charge in [0.1, 0.15) is 6.04 Å². The Kier molecular flexibility index (Phi) is 22.6. The van der Waals surface area contributed by atoms with Crippen molar-refractivity contribution in [1.29, 1.82) is 0 Å². The Morgan fingerprint density at radius 2 is 1.41 bits per heavy atom. The van der Waals surface area contributed by atoms with Gasteiger partial charge in [-0.25, -0.2) is 4.79 Å². The van der Waals surface area contributed by atoms with E-state index in [1.54, 1.807) is 0 Å². The van der Waals surface area contributed by atoms with Crippen molar-refractivity contribution in [2.24, 2.45) is 16.5 Å². The molecular weight excluding hydrogens is 428 g/mol. The minimum Gasteiger partial charge on any atom is -0.464 e. The molecule has 1 atom stereocenters. The van der Waals surface area contributed by atoms with Crippen LogP contribution in [0.1, 0.15) is 123 Å². The summed E-state index contributed by atoms with van der Waals surface area (Å²) in [6, 6.07) is -0.642. The summed E-state index contributed by atoms with van der Waals surface area (Å²) >= 11 is 0. The number of hydrogen-bond acceptors (Lipinski definition) is 4. The number of carbonyl (C=O) groups is 2. The van der Waals surface area contributed by atoms with Crippen molar-refractivity contribution in [3.05, 3.63) is 12.2 Å². The van der Waals surface area contributed by atoms with Gasteiger partial charge in [-0.1, -0.05) is 77.4 Å². The summed E-state index contributed by atoms with van der Waals surface area (Å²) in [4.78, 5) is 28.5. The smallest absolute Gasteiger partial charge is 0.328 e. The maximum absolute atomic E-state index is 12.3. The van der Waals surface area contributed by atoms with E-state index in [4.69, 9.17) is 16.2 Å². The number of unbranched alkanes of at least 4 members (excludes halogenated alkanes) is 11. The Morgan fingerprint density at radius 3 is 2.00 bits per heavy atom. The van der Waals surface area contributed by atoms with Crippen molar-refractivity contribution < 1.29 is 14.3 Å². The molecule has 5 N–H and O–H groups in total. The van der Waals surface area contributed by atoms with Crippen LogP contribution < -0.4 is 16.8 Å². The number of guanidine groups is 1. The fourth-order valence-electron chi connectivity index (χ4n) is 3.68. The lowest BCUT2D eigenvalue weighted by atomic mass is 10.1. The number of rotatable bonds is 23. The standard InChI is InChI=1S/C27H52N4O3/c1-3-5-6-7-8-9-10-11-12-13-14-15-16-17-18-21-25(32)31-24(26(33)34-23-4-2)20-19-22-30-27(28)29/h11-12,24H,3-10,13-23H2,1-2H3,(H,31,32)(H4,28,29,30)/b12-11-/t24-/m0/s1. The summed E-state index contributed by atoms with van der Waals surface area (Å²) < 4.78 is 5.22. The maximum Gasteiger partial charge on any atom is 0.328 e. The molecule has 0 aliphatic rings. The van der Waals surface area contributed by atoms with Crippen LogP contribution >= 0.6 is 0 Å². The number of amides is 1. The molecule has 0 aromatic carbocycles. The average Bonchev–Trinajstić information content (AvgIpc) is 2.81. The van der Waals surface area contributed by atoms with Gasteiger partial charge in [0.2, 0.25) is 5.91 Å². The minimum atomic E-state index is -0.642. The van der Waals surface area contributed by atoms with Crippen molar-refractivity contribution in [2.45, 2.75) is 129 Å². The maximum atomic E-state index is 12.3. The first-order valence-electron chi connectivity index (χ1n) is 13.7. The molecule has 0 radical (unpaired) electrons. The Balaban J connectivity index is 3.87. The van der Waals surface area contributed by atoms with Gasteiger partial charge in [-0.05, 0) is 51.4 Å². The first kappa shape index (κ1) is 31.9. The third-order valence-corrected chi connectivity index (χ3v) is 5.68. The number of aliphatic imine (C=N–C) groups is 1. The molecule has 0 bridgehead atoms. The van der Waals surface area contributed by atoms with E-state index >= 15 is 0 Å². The highest BCUT2D eigenvalue weighted by Gasteiger charge is 2.21. The number of allylic oxidation sites excluding steroid dienone is 2. The van der Waals surface area contributed by atoms with Gasteiger partial charge >= 0.3 is 5.97 Å². The van der Waals surface area contributed by atoms with Crippen LogP contribution in [-0.4, -0.2) is 37.0 Å². The molecule has 0 saturated heterocycles. The van der Waals surface area contributed by atoms with E-state index in [9.17, 15) is 9.59 Å². The third-order valence-electron chi connectivity index (χ3n) is 5.68. The highest BCUT2D eigenvalue weighted by Crippen LogP contribution is 2.10. The van der Waals surface area contributed by atoms with Gasteiger partial charge in [-0.3, -0.25) is 9.79 Å². The van der Waals surface area contributed by atoms with Gasteiger partial charge in [-0.15, -0.1) is 0 Å². The molecule has 0 fully saturated rings. The Bertz CT molecular complexity index is 560. The van der Waals surface area contributed by atoms with Gasteiger partial charge in [0.25, 0.3) is 0 Å². The molecule has 1 amide bonds. The van der Waals surface area contributed by atoms with Crippen LogP contribution in [-0.2, 0) is 14.3 Å². The van der Waals surface area contributed by atoms with E-state index in [0.29, 0.717) is 32.4 Å².